The van der Waals surface area contributed by atoms with E-state index in [2.05, 4.69) is 24.1 Å². The van der Waals surface area contributed by atoms with Crippen molar-refractivity contribution < 1.29 is 4.79 Å². The van der Waals surface area contributed by atoms with E-state index in [-0.39, 0.29) is 11.8 Å². The van der Waals surface area contributed by atoms with E-state index in [4.69, 9.17) is 5.73 Å². The molecule has 4 heteroatoms. The molecule has 0 spiro atoms. The third kappa shape index (κ3) is 3.74. The Balaban J connectivity index is 2.68. The van der Waals surface area contributed by atoms with Crippen molar-refractivity contribution in [3.63, 3.8) is 0 Å². The summed E-state index contributed by atoms with van der Waals surface area (Å²) in [6.45, 7) is 8.39. The van der Waals surface area contributed by atoms with E-state index in [0.29, 0.717) is 6.54 Å². The average Bonchev–Trinajstić information content (AvgIpc) is 2.41. The first-order valence-corrected chi connectivity index (χ1v) is 6.48. The van der Waals surface area contributed by atoms with Gasteiger partial charge in [0.1, 0.15) is 0 Å². The van der Waals surface area contributed by atoms with Crippen LogP contribution >= 0.6 is 0 Å². The summed E-state index contributed by atoms with van der Waals surface area (Å²) in [6.07, 6.45) is 0. The van der Waals surface area contributed by atoms with Crippen molar-refractivity contribution in [2.45, 2.75) is 20.8 Å². The van der Waals surface area contributed by atoms with Gasteiger partial charge in [-0.25, -0.2) is 0 Å². The van der Waals surface area contributed by atoms with E-state index in [0.717, 1.165) is 18.8 Å². The topological polar surface area (TPSA) is 58.4 Å². The van der Waals surface area contributed by atoms with Gasteiger partial charge in [0.05, 0.1) is 0 Å². The van der Waals surface area contributed by atoms with Gasteiger partial charge in [0.25, 0.3) is 0 Å². The van der Waals surface area contributed by atoms with E-state index in [9.17, 15) is 4.79 Å². The van der Waals surface area contributed by atoms with Crippen LogP contribution in [0.25, 0.3) is 0 Å². The number of hydrogen-bond acceptors (Lipinski definition) is 3. The maximum absolute atomic E-state index is 11.7. The molecule has 0 radical (unpaired) electrons. The monoisotopic (exact) mass is 249 g/mol. The summed E-state index contributed by atoms with van der Waals surface area (Å²) in [4.78, 5) is 13.9. The van der Waals surface area contributed by atoms with Crippen molar-refractivity contribution in [3.8, 4) is 0 Å². The molecule has 0 saturated carbocycles. The Bertz CT molecular complexity index is 371. The molecule has 100 valence electrons. The number of nitrogens with zero attached hydrogens (tertiary/aromatic N) is 1. The standard InChI is InChI=1S/C14H23N3O/c1-4-17(5-2)13-8-6-12(7-9-13)16-14(18)11(3)10-15/h6-9,11H,4-5,10,15H2,1-3H3,(H,16,18). The van der Waals surface area contributed by atoms with Gasteiger partial charge in [-0.2, -0.15) is 0 Å². The van der Waals surface area contributed by atoms with E-state index in [1.807, 2.05) is 31.2 Å². The lowest BCUT2D eigenvalue weighted by Gasteiger charge is -2.21. The normalized spacial score (nSPS) is 12.0. The number of carbonyl (C=O) groups excluding carboxylic acids is 1. The van der Waals surface area contributed by atoms with Crippen LogP contribution in [-0.4, -0.2) is 25.5 Å². The van der Waals surface area contributed by atoms with Gasteiger partial charge < -0.3 is 16.0 Å². The van der Waals surface area contributed by atoms with Crippen LogP contribution in [0.5, 0.6) is 0 Å². The van der Waals surface area contributed by atoms with E-state index < -0.39 is 0 Å². The number of amides is 1. The Morgan fingerprint density at radius 3 is 2.28 bits per heavy atom. The first kappa shape index (κ1) is 14.5. The predicted octanol–water partition coefficient (Wildman–Crippen LogP) is 2.07. The van der Waals surface area contributed by atoms with Gasteiger partial charge >= 0.3 is 0 Å². The molecule has 0 fully saturated rings. The molecule has 4 nitrogen and oxygen atoms in total. The highest BCUT2D eigenvalue weighted by Gasteiger charge is 2.10. The van der Waals surface area contributed by atoms with Crippen molar-refractivity contribution >= 4 is 17.3 Å². The first-order chi connectivity index (χ1) is 8.62. The highest BCUT2D eigenvalue weighted by Crippen LogP contribution is 2.18. The summed E-state index contributed by atoms with van der Waals surface area (Å²) in [5, 5.41) is 2.86. The minimum absolute atomic E-state index is 0.0342. The van der Waals surface area contributed by atoms with Crippen LogP contribution in [0.1, 0.15) is 20.8 Å². The van der Waals surface area contributed by atoms with Crippen LogP contribution in [0, 0.1) is 5.92 Å². The third-order valence-corrected chi connectivity index (χ3v) is 3.06. The molecule has 0 aliphatic rings. The quantitative estimate of drug-likeness (QED) is 0.811. The minimum Gasteiger partial charge on any atom is -0.372 e. The zero-order valence-electron chi connectivity index (χ0n) is 11.4. The van der Waals surface area contributed by atoms with Crippen LogP contribution in [-0.2, 0) is 4.79 Å². The molecule has 3 N–H and O–H groups in total. The Hall–Kier alpha value is -1.55. The number of nitrogens with two attached hydrogens (primary N) is 1. The van der Waals surface area contributed by atoms with Crippen molar-refractivity contribution in [2.75, 3.05) is 29.9 Å². The van der Waals surface area contributed by atoms with E-state index in [1.165, 1.54) is 5.69 Å². The van der Waals surface area contributed by atoms with Crippen LogP contribution in [0.15, 0.2) is 24.3 Å². The second kappa shape index (κ2) is 7.01. The second-order valence-corrected chi connectivity index (χ2v) is 4.35. The molecule has 1 aromatic carbocycles. The molecule has 1 atom stereocenters. The van der Waals surface area contributed by atoms with Crippen LogP contribution in [0.3, 0.4) is 0 Å². The largest absolute Gasteiger partial charge is 0.372 e. The second-order valence-electron chi connectivity index (χ2n) is 4.35. The Morgan fingerprint density at radius 1 is 1.28 bits per heavy atom. The molecule has 0 aromatic heterocycles. The number of carbonyl (C=O) groups is 1. The SMILES string of the molecule is CCN(CC)c1ccc(NC(=O)C(C)CN)cc1. The van der Waals surface area contributed by atoms with Crippen LogP contribution in [0.2, 0.25) is 0 Å². The molecular formula is C14H23N3O. The average molecular weight is 249 g/mol. The highest BCUT2D eigenvalue weighted by molar-refractivity contribution is 5.92. The van der Waals surface area contributed by atoms with Gasteiger partial charge in [0.15, 0.2) is 0 Å². The van der Waals surface area contributed by atoms with Crippen molar-refractivity contribution in [3.05, 3.63) is 24.3 Å². The summed E-state index contributed by atoms with van der Waals surface area (Å²) in [5.74, 6) is -0.194. The van der Waals surface area contributed by atoms with Gasteiger partial charge in [0, 0.05) is 36.9 Å². The summed E-state index contributed by atoms with van der Waals surface area (Å²) >= 11 is 0. The summed E-state index contributed by atoms with van der Waals surface area (Å²) < 4.78 is 0. The first-order valence-electron chi connectivity index (χ1n) is 6.48. The van der Waals surface area contributed by atoms with E-state index in [1.54, 1.807) is 0 Å². The Morgan fingerprint density at radius 2 is 1.83 bits per heavy atom. The lowest BCUT2D eigenvalue weighted by molar-refractivity contribution is -0.119. The zero-order valence-corrected chi connectivity index (χ0v) is 11.4. The molecule has 1 amide bonds. The van der Waals surface area contributed by atoms with Crippen LogP contribution < -0.4 is 16.0 Å². The lowest BCUT2D eigenvalue weighted by atomic mass is 10.1. The maximum atomic E-state index is 11.7. The smallest absolute Gasteiger partial charge is 0.228 e. The third-order valence-electron chi connectivity index (χ3n) is 3.06. The van der Waals surface area contributed by atoms with Crippen LogP contribution in [0.4, 0.5) is 11.4 Å². The fraction of sp³-hybridized carbons (Fsp3) is 0.500. The summed E-state index contributed by atoms with van der Waals surface area (Å²) in [7, 11) is 0. The molecule has 0 bridgehead atoms. The number of rotatable bonds is 6. The van der Waals surface area contributed by atoms with Gasteiger partial charge in [-0.3, -0.25) is 4.79 Å². The minimum atomic E-state index is -0.160. The number of hydrogen-bond donors (Lipinski definition) is 2. The van der Waals surface area contributed by atoms with Gasteiger partial charge in [-0.1, -0.05) is 6.92 Å². The molecule has 1 unspecified atom stereocenters. The molecule has 0 saturated heterocycles. The Labute approximate surface area is 109 Å². The molecule has 1 rings (SSSR count). The predicted molar refractivity (Wildman–Crippen MR) is 76.9 cm³/mol. The number of benzene rings is 1. The molecule has 18 heavy (non-hydrogen) atoms. The molecule has 0 heterocycles. The van der Waals surface area contributed by atoms with Gasteiger partial charge in [0.2, 0.25) is 5.91 Å². The molecule has 1 aromatic rings. The molecular weight excluding hydrogens is 226 g/mol. The maximum Gasteiger partial charge on any atom is 0.228 e. The van der Waals surface area contributed by atoms with Crippen molar-refractivity contribution in [1.29, 1.82) is 0 Å². The molecule has 0 aliphatic carbocycles. The molecule has 0 aliphatic heterocycles. The fourth-order valence-electron chi connectivity index (χ4n) is 1.72. The summed E-state index contributed by atoms with van der Waals surface area (Å²) in [5.41, 5.74) is 7.45. The van der Waals surface area contributed by atoms with Gasteiger partial charge in [-0.15, -0.1) is 0 Å². The zero-order chi connectivity index (χ0) is 13.5. The number of nitrogens with one attached hydrogen (secondary N) is 1. The van der Waals surface area contributed by atoms with Crippen molar-refractivity contribution in [1.82, 2.24) is 0 Å². The Kier molecular flexibility index (Phi) is 5.65. The summed E-state index contributed by atoms with van der Waals surface area (Å²) in [6, 6.07) is 7.90. The fourth-order valence-corrected chi connectivity index (χ4v) is 1.72. The van der Waals surface area contributed by atoms with Gasteiger partial charge in [-0.05, 0) is 38.1 Å². The van der Waals surface area contributed by atoms with Crippen molar-refractivity contribution in [2.24, 2.45) is 11.7 Å². The number of anilines is 2. The highest BCUT2D eigenvalue weighted by atomic mass is 16.1. The lowest BCUT2D eigenvalue weighted by Crippen LogP contribution is -2.26. The van der Waals surface area contributed by atoms with E-state index >= 15 is 0 Å².